The number of anilines is 1. The van der Waals surface area contributed by atoms with Crippen LogP contribution < -0.4 is 5.32 Å². The number of hydrogen-bond donors (Lipinski definition) is 1. The van der Waals surface area contributed by atoms with Crippen molar-refractivity contribution in [2.24, 2.45) is 0 Å². The van der Waals surface area contributed by atoms with Gasteiger partial charge in [-0.05, 0) is 25.5 Å². The number of alkyl halides is 3. The second kappa shape index (κ2) is 5.68. The van der Waals surface area contributed by atoms with E-state index in [0.29, 0.717) is 24.2 Å². The minimum Gasteiger partial charge on any atom is -0.365 e. The van der Waals surface area contributed by atoms with Crippen molar-refractivity contribution in [2.45, 2.75) is 38.5 Å². The van der Waals surface area contributed by atoms with E-state index in [0.717, 1.165) is 12.2 Å². The second-order valence-corrected chi connectivity index (χ2v) is 6.05. The van der Waals surface area contributed by atoms with Gasteiger partial charge in [-0.25, -0.2) is 19.6 Å². The van der Waals surface area contributed by atoms with Gasteiger partial charge in [-0.3, -0.25) is 0 Å². The number of hydrogen-bond acceptors (Lipinski definition) is 5. The Bertz CT molecular complexity index is 933. The Balaban J connectivity index is 1.69. The Hall–Kier alpha value is -2.71. The third kappa shape index (κ3) is 3.01. The highest BCUT2D eigenvalue weighted by Crippen LogP contribution is 2.31. The average molecular weight is 348 g/mol. The zero-order chi connectivity index (χ0) is 17.6. The Labute approximate surface area is 141 Å². The van der Waals surface area contributed by atoms with E-state index in [1.54, 1.807) is 28.9 Å². The van der Waals surface area contributed by atoms with E-state index in [-0.39, 0.29) is 17.4 Å². The minimum absolute atomic E-state index is 0.0759. The molecule has 0 fully saturated rings. The van der Waals surface area contributed by atoms with Gasteiger partial charge in [-0.1, -0.05) is 12.1 Å². The van der Waals surface area contributed by atoms with Crippen molar-refractivity contribution in [3.63, 3.8) is 0 Å². The summed E-state index contributed by atoms with van der Waals surface area (Å²) in [5.74, 6) is 0.659. The first-order valence-electron chi connectivity index (χ1n) is 7.91. The van der Waals surface area contributed by atoms with Crippen LogP contribution in [0.2, 0.25) is 0 Å². The van der Waals surface area contributed by atoms with Crippen LogP contribution in [0.25, 0.3) is 10.9 Å². The smallest absolute Gasteiger partial charge is 0.365 e. The van der Waals surface area contributed by atoms with Crippen molar-refractivity contribution in [3.05, 3.63) is 41.7 Å². The van der Waals surface area contributed by atoms with Gasteiger partial charge in [0.2, 0.25) is 5.82 Å². The van der Waals surface area contributed by atoms with Crippen molar-refractivity contribution in [1.82, 2.24) is 24.7 Å². The first-order valence-corrected chi connectivity index (χ1v) is 7.91. The third-order valence-corrected chi connectivity index (χ3v) is 4.16. The van der Waals surface area contributed by atoms with Gasteiger partial charge in [-0.15, -0.1) is 0 Å². The number of nitrogens with one attached hydrogen (secondary N) is 1. The molecule has 1 atom stereocenters. The van der Waals surface area contributed by atoms with Crippen LogP contribution in [0.4, 0.5) is 19.0 Å². The lowest BCUT2D eigenvalue weighted by Gasteiger charge is -2.24. The number of fused-ring (bicyclic) bond motifs is 2. The van der Waals surface area contributed by atoms with Crippen LogP contribution in [0.15, 0.2) is 24.3 Å². The lowest BCUT2D eigenvalue weighted by atomic mass is 10.1. The number of aryl methyl sites for hydroxylation is 2. The third-order valence-electron chi connectivity index (χ3n) is 4.16. The normalized spacial score (nSPS) is 17.5. The van der Waals surface area contributed by atoms with E-state index >= 15 is 0 Å². The maximum atomic E-state index is 13.1. The molecule has 0 saturated heterocycles. The molecular weight excluding hydrogens is 333 g/mol. The average Bonchev–Trinajstić information content (AvgIpc) is 2.93. The molecule has 3 heterocycles. The summed E-state index contributed by atoms with van der Waals surface area (Å²) >= 11 is 0. The van der Waals surface area contributed by atoms with Gasteiger partial charge in [-0.2, -0.15) is 18.3 Å². The summed E-state index contributed by atoms with van der Waals surface area (Å²) in [5.41, 5.74) is 0.264. The monoisotopic (exact) mass is 348 g/mol. The number of halogens is 3. The fourth-order valence-electron chi connectivity index (χ4n) is 3.06. The molecule has 0 unspecified atom stereocenters. The zero-order valence-electron chi connectivity index (χ0n) is 13.4. The molecule has 3 aromatic rings. The van der Waals surface area contributed by atoms with Gasteiger partial charge in [0.25, 0.3) is 0 Å². The topological polar surface area (TPSA) is 68.5 Å². The zero-order valence-corrected chi connectivity index (χ0v) is 13.4. The molecule has 9 heteroatoms. The molecule has 4 rings (SSSR count). The summed E-state index contributed by atoms with van der Waals surface area (Å²) in [6.07, 6.45) is -3.13. The molecule has 0 amide bonds. The molecule has 1 aromatic carbocycles. The molecule has 6 nitrogen and oxygen atoms in total. The fourth-order valence-corrected chi connectivity index (χ4v) is 3.06. The van der Waals surface area contributed by atoms with Crippen molar-refractivity contribution in [3.8, 4) is 0 Å². The van der Waals surface area contributed by atoms with E-state index in [1.807, 2.05) is 6.92 Å². The van der Waals surface area contributed by atoms with Crippen LogP contribution in [-0.4, -0.2) is 30.8 Å². The number of aromatic nitrogens is 5. The van der Waals surface area contributed by atoms with Gasteiger partial charge in [0.05, 0.1) is 12.1 Å². The summed E-state index contributed by atoms with van der Waals surface area (Å²) in [4.78, 5) is 11.7. The summed E-state index contributed by atoms with van der Waals surface area (Å²) in [6.45, 7) is 2.36. The number of nitrogens with zero attached hydrogens (tertiary/aromatic N) is 5. The summed E-state index contributed by atoms with van der Waals surface area (Å²) in [5, 5.41) is 8.03. The second-order valence-electron chi connectivity index (χ2n) is 6.05. The van der Waals surface area contributed by atoms with Crippen LogP contribution in [0.5, 0.6) is 0 Å². The van der Waals surface area contributed by atoms with Crippen LogP contribution in [0.1, 0.15) is 23.9 Å². The summed E-state index contributed by atoms with van der Waals surface area (Å²) in [7, 11) is 0. The standard InChI is InChI=1S/C16H15F3N6/c1-9-20-13-7-6-10(8-25(13)24-9)21-14-11-4-2-3-5-12(11)22-15(23-14)16(17,18)19/h2-5,10H,6-8H2,1H3,(H,21,22,23)/t10-/m1/s1. The highest BCUT2D eigenvalue weighted by molar-refractivity contribution is 5.89. The highest BCUT2D eigenvalue weighted by Gasteiger charge is 2.36. The van der Waals surface area contributed by atoms with Crippen molar-refractivity contribution < 1.29 is 13.2 Å². The van der Waals surface area contributed by atoms with Crippen molar-refractivity contribution in [2.75, 3.05) is 5.32 Å². The lowest BCUT2D eigenvalue weighted by molar-refractivity contribution is -0.144. The predicted octanol–water partition coefficient (Wildman–Crippen LogP) is 2.98. The van der Waals surface area contributed by atoms with E-state index < -0.39 is 12.0 Å². The van der Waals surface area contributed by atoms with Crippen molar-refractivity contribution in [1.29, 1.82) is 0 Å². The molecule has 2 aromatic heterocycles. The SMILES string of the molecule is Cc1nc2n(n1)C[C@H](Nc1nc(C(F)(F)F)nc3ccccc13)CC2. The maximum Gasteiger partial charge on any atom is 0.451 e. The van der Waals surface area contributed by atoms with Gasteiger partial charge in [0, 0.05) is 17.8 Å². The quantitative estimate of drug-likeness (QED) is 0.771. The summed E-state index contributed by atoms with van der Waals surface area (Å²) in [6, 6.07) is 6.60. The maximum absolute atomic E-state index is 13.1. The highest BCUT2D eigenvalue weighted by atomic mass is 19.4. The molecule has 25 heavy (non-hydrogen) atoms. The van der Waals surface area contributed by atoms with Gasteiger partial charge < -0.3 is 5.32 Å². The van der Waals surface area contributed by atoms with E-state index in [1.165, 1.54) is 0 Å². The molecule has 0 bridgehead atoms. The van der Waals surface area contributed by atoms with Crippen LogP contribution in [0.3, 0.4) is 0 Å². The van der Waals surface area contributed by atoms with Gasteiger partial charge >= 0.3 is 6.18 Å². The Kier molecular flexibility index (Phi) is 3.59. The first-order chi connectivity index (χ1) is 11.9. The number of para-hydroxylation sites is 1. The molecule has 1 aliphatic heterocycles. The number of rotatable bonds is 2. The molecular formula is C16H15F3N6. The van der Waals surface area contributed by atoms with Crippen LogP contribution in [0, 0.1) is 6.92 Å². The Morgan fingerprint density at radius 3 is 2.76 bits per heavy atom. The molecule has 1 N–H and O–H groups in total. The summed E-state index contributed by atoms with van der Waals surface area (Å²) < 4.78 is 41.1. The van der Waals surface area contributed by atoms with Gasteiger partial charge in [0.15, 0.2) is 0 Å². The lowest BCUT2D eigenvalue weighted by Crippen LogP contribution is -2.32. The Morgan fingerprint density at radius 1 is 1.16 bits per heavy atom. The number of benzene rings is 1. The van der Waals surface area contributed by atoms with Gasteiger partial charge in [0.1, 0.15) is 17.5 Å². The minimum atomic E-state index is -4.59. The molecule has 130 valence electrons. The first kappa shape index (κ1) is 15.8. The van der Waals surface area contributed by atoms with Crippen LogP contribution >= 0.6 is 0 Å². The van der Waals surface area contributed by atoms with E-state index in [4.69, 9.17) is 0 Å². The fraction of sp³-hybridized carbons (Fsp3) is 0.375. The molecule has 0 radical (unpaired) electrons. The largest absolute Gasteiger partial charge is 0.451 e. The van der Waals surface area contributed by atoms with E-state index in [9.17, 15) is 13.2 Å². The molecule has 0 aliphatic carbocycles. The van der Waals surface area contributed by atoms with Crippen LogP contribution in [-0.2, 0) is 19.1 Å². The Morgan fingerprint density at radius 2 is 1.96 bits per heavy atom. The van der Waals surface area contributed by atoms with E-state index in [2.05, 4.69) is 25.4 Å². The predicted molar refractivity (Wildman–Crippen MR) is 85.0 cm³/mol. The molecule has 0 saturated carbocycles. The van der Waals surface area contributed by atoms with Crippen molar-refractivity contribution >= 4 is 16.7 Å². The molecule has 0 spiro atoms. The molecule has 1 aliphatic rings.